The minimum atomic E-state index is -1.07. The Morgan fingerprint density at radius 1 is 1.04 bits per heavy atom. The number of carboxylic acid groups (broad SMARTS) is 3. The average Bonchev–Trinajstić information content (AvgIpc) is 2.51. The predicted octanol–water partition coefficient (Wildman–Crippen LogP) is 0.801. The fourth-order valence-corrected chi connectivity index (χ4v) is 1.92. The van der Waals surface area contributed by atoms with Crippen LogP contribution in [-0.4, -0.2) is 51.9 Å². The topological polar surface area (TPSA) is 150 Å². The van der Waals surface area contributed by atoms with Crippen LogP contribution in [0.25, 0.3) is 0 Å². The van der Waals surface area contributed by atoms with Gasteiger partial charge in [0.1, 0.15) is 12.1 Å². The number of carboxylic acids is 3. The Morgan fingerprint density at radius 2 is 1.60 bits per heavy atom. The maximum absolute atomic E-state index is 10.9. The smallest absolute Gasteiger partial charge is 0.321 e. The summed E-state index contributed by atoms with van der Waals surface area (Å²) in [5, 5.41) is 28.1. The molecule has 0 saturated carbocycles. The molecule has 8 nitrogen and oxygen atoms in total. The van der Waals surface area contributed by atoms with Crippen molar-refractivity contribution >= 4 is 17.9 Å². The van der Waals surface area contributed by atoms with Crippen LogP contribution in [0.5, 0.6) is 0 Å². The zero-order valence-electron chi connectivity index (χ0n) is 14.4. The van der Waals surface area contributed by atoms with Crippen molar-refractivity contribution in [3.63, 3.8) is 0 Å². The first-order valence-corrected chi connectivity index (χ1v) is 7.83. The highest BCUT2D eigenvalue weighted by molar-refractivity contribution is 5.76. The lowest BCUT2D eigenvalue weighted by Crippen LogP contribution is -2.41. The van der Waals surface area contributed by atoms with Gasteiger partial charge in [-0.05, 0) is 24.3 Å². The molecule has 0 aliphatic heterocycles. The second-order valence-corrected chi connectivity index (χ2v) is 5.93. The highest BCUT2D eigenvalue weighted by Gasteiger charge is 2.18. The summed E-state index contributed by atoms with van der Waals surface area (Å²) in [6.07, 6.45) is 0.818. The van der Waals surface area contributed by atoms with Gasteiger partial charge in [0, 0.05) is 0 Å². The molecule has 8 heteroatoms. The first kappa shape index (κ1) is 22.6. The molecule has 1 aromatic carbocycles. The monoisotopic (exact) mass is 354 g/mol. The quantitative estimate of drug-likeness (QED) is 0.437. The molecule has 0 radical (unpaired) electrons. The van der Waals surface area contributed by atoms with Gasteiger partial charge >= 0.3 is 17.9 Å². The third kappa shape index (κ3) is 11.7. The largest absolute Gasteiger partial charge is 0.480 e. The summed E-state index contributed by atoms with van der Waals surface area (Å²) >= 11 is 0. The lowest BCUT2D eigenvalue weighted by Gasteiger charge is -2.12. The van der Waals surface area contributed by atoms with Gasteiger partial charge < -0.3 is 21.1 Å². The van der Waals surface area contributed by atoms with Gasteiger partial charge in [0.05, 0.1) is 6.54 Å². The first-order chi connectivity index (χ1) is 11.6. The Hall–Kier alpha value is -2.45. The molecular weight excluding hydrogens is 328 g/mol. The summed E-state index contributed by atoms with van der Waals surface area (Å²) in [4.78, 5) is 31.3. The molecule has 140 valence electrons. The maximum Gasteiger partial charge on any atom is 0.321 e. The van der Waals surface area contributed by atoms with Crippen molar-refractivity contribution in [1.82, 2.24) is 5.32 Å². The molecule has 0 saturated heterocycles. The van der Waals surface area contributed by atoms with E-state index in [1.807, 2.05) is 32.0 Å². The number of benzene rings is 1. The molecule has 0 amide bonds. The van der Waals surface area contributed by atoms with Crippen molar-refractivity contribution in [2.24, 2.45) is 11.7 Å². The van der Waals surface area contributed by atoms with E-state index in [2.05, 4.69) is 5.32 Å². The van der Waals surface area contributed by atoms with Gasteiger partial charge in [0.2, 0.25) is 0 Å². The van der Waals surface area contributed by atoms with Gasteiger partial charge in [-0.2, -0.15) is 0 Å². The second kappa shape index (κ2) is 12.0. The summed E-state index contributed by atoms with van der Waals surface area (Å²) in [7, 11) is 0. The molecule has 0 spiro atoms. The van der Waals surface area contributed by atoms with E-state index in [-0.39, 0.29) is 13.0 Å². The van der Waals surface area contributed by atoms with E-state index in [0.717, 1.165) is 5.56 Å². The van der Waals surface area contributed by atoms with Crippen LogP contribution in [0, 0.1) is 5.92 Å². The first-order valence-electron chi connectivity index (χ1n) is 7.83. The zero-order valence-corrected chi connectivity index (χ0v) is 14.4. The Bertz CT molecular complexity index is 547. The Balaban J connectivity index is 0.000000547. The summed E-state index contributed by atoms with van der Waals surface area (Å²) in [5.74, 6) is -2.68. The lowest BCUT2D eigenvalue weighted by atomic mass is 10.1. The van der Waals surface area contributed by atoms with E-state index >= 15 is 0 Å². The van der Waals surface area contributed by atoms with E-state index in [1.165, 1.54) is 0 Å². The van der Waals surface area contributed by atoms with Crippen molar-refractivity contribution in [2.45, 2.75) is 38.8 Å². The lowest BCUT2D eigenvalue weighted by molar-refractivity contribution is -0.141. The van der Waals surface area contributed by atoms with Crippen molar-refractivity contribution in [2.75, 3.05) is 6.54 Å². The van der Waals surface area contributed by atoms with E-state index in [0.29, 0.717) is 12.3 Å². The Morgan fingerprint density at radius 3 is 1.96 bits per heavy atom. The van der Waals surface area contributed by atoms with Crippen LogP contribution in [0.4, 0.5) is 0 Å². The summed E-state index contributed by atoms with van der Waals surface area (Å²) in [6.45, 7) is 3.54. The fraction of sp³-hybridized carbons (Fsp3) is 0.471. The van der Waals surface area contributed by atoms with Crippen molar-refractivity contribution in [3.8, 4) is 0 Å². The predicted molar refractivity (Wildman–Crippen MR) is 92.3 cm³/mol. The van der Waals surface area contributed by atoms with E-state index in [9.17, 15) is 14.4 Å². The average molecular weight is 354 g/mol. The van der Waals surface area contributed by atoms with Crippen LogP contribution < -0.4 is 11.1 Å². The van der Waals surface area contributed by atoms with Crippen LogP contribution in [0.2, 0.25) is 0 Å². The number of hydrogen-bond donors (Lipinski definition) is 5. The van der Waals surface area contributed by atoms with Crippen LogP contribution in [-0.2, 0) is 20.8 Å². The fourth-order valence-electron chi connectivity index (χ4n) is 1.92. The van der Waals surface area contributed by atoms with Gasteiger partial charge in [0.25, 0.3) is 0 Å². The van der Waals surface area contributed by atoms with Gasteiger partial charge in [-0.25, -0.2) is 0 Å². The Labute approximate surface area is 146 Å². The van der Waals surface area contributed by atoms with Crippen LogP contribution in [0.15, 0.2) is 30.3 Å². The van der Waals surface area contributed by atoms with E-state index in [4.69, 9.17) is 21.1 Å². The van der Waals surface area contributed by atoms with Gasteiger partial charge in [-0.1, -0.05) is 44.2 Å². The van der Waals surface area contributed by atoms with Gasteiger partial charge in [-0.3, -0.25) is 19.7 Å². The molecule has 1 aromatic rings. The molecule has 6 N–H and O–H groups in total. The molecule has 1 rings (SSSR count). The standard InChI is InChI=1S/C11H13NO4.C6H13NO2/c13-10(14)7-12-9(11(15)16)6-8-4-2-1-3-5-8;1-4(2)3-5(7)6(8)9/h1-5,9,12H,6-7H2,(H,13,14)(H,15,16);4-5H,3,7H2,1-2H3,(H,8,9)/t9-;5-/m00/s1. The molecule has 0 unspecified atom stereocenters. The number of nitrogens with two attached hydrogens (primary N) is 1. The molecule has 0 fully saturated rings. The maximum atomic E-state index is 10.9. The minimum absolute atomic E-state index is 0.267. The highest BCUT2D eigenvalue weighted by Crippen LogP contribution is 2.03. The number of hydrogen-bond acceptors (Lipinski definition) is 5. The van der Waals surface area contributed by atoms with Crippen LogP contribution in [0.3, 0.4) is 0 Å². The van der Waals surface area contributed by atoms with Crippen molar-refractivity contribution in [3.05, 3.63) is 35.9 Å². The number of carbonyl (C=O) groups is 3. The Kier molecular flexibility index (Phi) is 10.8. The zero-order chi connectivity index (χ0) is 19.4. The summed E-state index contributed by atoms with van der Waals surface area (Å²) in [5.41, 5.74) is 6.07. The van der Waals surface area contributed by atoms with Gasteiger partial charge in [0.15, 0.2) is 0 Å². The number of aliphatic carboxylic acids is 3. The summed E-state index contributed by atoms with van der Waals surface area (Å²) in [6, 6.07) is 7.50. The van der Waals surface area contributed by atoms with Crippen LogP contribution in [0.1, 0.15) is 25.8 Å². The van der Waals surface area contributed by atoms with Crippen molar-refractivity contribution < 1.29 is 29.7 Å². The highest BCUT2D eigenvalue weighted by atomic mass is 16.4. The molecule has 0 aromatic heterocycles. The molecule has 0 heterocycles. The third-order valence-electron chi connectivity index (χ3n) is 3.12. The van der Waals surface area contributed by atoms with Crippen LogP contribution >= 0.6 is 0 Å². The number of nitrogens with one attached hydrogen (secondary N) is 1. The SMILES string of the molecule is CC(C)C[C@H](N)C(=O)O.O=C(O)CN[C@@H](Cc1ccccc1)C(=O)O. The number of rotatable bonds is 9. The molecule has 25 heavy (non-hydrogen) atoms. The second-order valence-electron chi connectivity index (χ2n) is 5.93. The normalized spacial score (nSPS) is 12.6. The van der Waals surface area contributed by atoms with E-state index < -0.39 is 30.0 Å². The molecule has 0 bridgehead atoms. The van der Waals surface area contributed by atoms with Gasteiger partial charge in [-0.15, -0.1) is 0 Å². The van der Waals surface area contributed by atoms with E-state index in [1.54, 1.807) is 12.1 Å². The minimum Gasteiger partial charge on any atom is -0.480 e. The molecule has 2 atom stereocenters. The third-order valence-corrected chi connectivity index (χ3v) is 3.12. The molecular formula is C17H26N2O6. The molecule has 0 aliphatic carbocycles. The summed E-state index contributed by atoms with van der Waals surface area (Å²) < 4.78 is 0. The molecule has 0 aliphatic rings. The van der Waals surface area contributed by atoms with Crippen molar-refractivity contribution in [1.29, 1.82) is 0 Å².